The van der Waals surface area contributed by atoms with Gasteiger partial charge in [-0.3, -0.25) is 0 Å². The maximum Gasteiger partial charge on any atom is 0.416 e. The summed E-state index contributed by atoms with van der Waals surface area (Å²) in [5.74, 6) is 0. The van der Waals surface area contributed by atoms with Crippen LogP contribution in [0.25, 0.3) is 0 Å². The van der Waals surface area contributed by atoms with Gasteiger partial charge in [-0.1, -0.05) is 36.8 Å². The molecule has 4 nitrogen and oxygen atoms in total. The van der Waals surface area contributed by atoms with E-state index >= 15 is 0 Å². The Kier molecular flexibility index (Phi) is 9.65. The number of halogens is 3. The highest BCUT2D eigenvalue weighted by molar-refractivity contribution is 7.51. The molecule has 0 radical (unpaired) electrons. The quantitative estimate of drug-likeness (QED) is 0.443. The minimum atomic E-state index is -4.33. The largest absolute Gasteiger partial charge is 0.416 e. The molecule has 2 aromatic rings. The number of aryl methyl sites for hydroxylation is 1. The van der Waals surface area contributed by atoms with E-state index in [-0.39, 0.29) is 6.04 Å². The third-order valence-corrected chi connectivity index (χ3v) is 5.46. The van der Waals surface area contributed by atoms with Crippen LogP contribution in [0.15, 0.2) is 59.8 Å². The molecule has 0 spiro atoms. The van der Waals surface area contributed by atoms with E-state index in [1.54, 1.807) is 12.1 Å². The summed E-state index contributed by atoms with van der Waals surface area (Å²) in [5, 5.41) is 0. The van der Waals surface area contributed by atoms with Crippen LogP contribution in [0.5, 0.6) is 0 Å². The lowest BCUT2D eigenvalue weighted by Gasteiger charge is -2.29. The molecule has 1 heterocycles. The van der Waals surface area contributed by atoms with Crippen LogP contribution in [0.2, 0.25) is 0 Å². The summed E-state index contributed by atoms with van der Waals surface area (Å²) in [6.45, 7) is 7.60. The molecular formula is C24H28F3NO3S. The monoisotopic (exact) mass is 467 g/mol. The average Bonchev–Trinajstić information content (AvgIpc) is 3.08. The highest BCUT2D eigenvalue weighted by atomic mass is 32.1. The van der Waals surface area contributed by atoms with Gasteiger partial charge < -0.3 is 9.64 Å². The van der Waals surface area contributed by atoms with Crippen LogP contribution in [0.1, 0.15) is 55.8 Å². The second-order valence-corrected chi connectivity index (χ2v) is 7.80. The van der Waals surface area contributed by atoms with Crippen molar-refractivity contribution in [3.63, 3.8) is 0 Å². The van der Waals surface area contributed by atoms with E-state index in [1.807, 2.05) is 6.92 Å². The summed E-state index contributed by atoms with van der Waals surface area (Å²) in [7, 11) is 0. The van der Waals surface area contributed by atoms with E-state index in [4.69, 9.17) is 13.2 Å². The summed E-state index contributed by atoms with van der Waals surface area (Å²) in [6.07, 6.45) is -1.65. The summed E-state index contributed by atoms with van der Waals surface area (Å²) in [4.78, 5) is 2.17. The Labute approximate surface area is 190 Å². The molecule has 0 fully saturated rings. The number of alkyl halides is 3. The fourth-order valence-electron chi connectivity index (χ4n) is 3.84. The Morgan fingerprint density at radius 3 is 2.12 bits per heavy atom. The number of nitrogens with zero attached hydrogens (tertiary/aromatic N) is 1. The molecule has 174 valence electrons. The topological polar surface area (TPSA) is 46.6 Å². The zero-order valence-corrected chi connectivity index (χ0v) is 19.3. The minimum absolute atomic E-state index is 0.0773. The van der Waals surface area contributed by atoms with Crippen LogP contribution in [-0.4, -0.2) is 21.6 Å². The lowest BCUT2D eigenvalue weighted by atomic mass is 9.99. The molecule has 32 heavy (non-hydrogen) atoms. The van der Waals surface area contributed by atoms with Crippen LogP contribution >= 0.6 is 0 Å². The van der Waals surface area contributed by atoms with Crippen molar-refractivity contribution < 1.29 is 26.3 Å². The lowest BCUT2D eigenvalue weighted by Crippen LogP contribution is -2.22. The fraction of sp³-hybridized carbons (Fsp3) is 0.417. The first kappa shape index (κ1) is 25.8. The molecule has 1 aliphatic rings. The maximum atomic E-state index is 13.0. The molecule has 2 aromatic carbocycles. The number of hydrogen-bond acceptors (Lipinski definition) is 4. The Morgan fingerprint density at radius 1 is 1.00 bits per heavy atom. The van der Waals surface area contributed by atoms with Gasteiger partial charge in [0.25, 0.3) is 0 Å². The van der Waals surface area contributed by atoms with Crippen LogP contribution in [0, 0.1) is 6.92 Å². The van der Waals surface area contributed by atoms with E-state index in [9.17, 15) is 13.2 Å². The van der Waals surface area contributed by atoms with Gasteiger partial charge in [0.15, 0.2) is 0 Å². The summed E-state index contributed by atoms with van der Waals surface area (Å²) in [6, 6.07) is 13.9. The van der Waals surface area contributed by atoms with E-state index in [0.29, 0.717) is 6.61 Å². The molecule has 0 N–H and O–H groups in total. The van der Waals surface area contributed by atoms with Crippen LogP contribution < -0.4 is 4.90 Å². The maximum absolute atomic E-state index is 13.0. The number of rotatable bonds is 7. The molecule has 8 heteroatoms. The van der Waals surface area contributed by atoms with Crippen molar-refractivity contribution in [1.29, 1.82) is 0 Å². The van der Waals surface area contributed by atoms with E-state index in [0.717, 1.165) is 49.4 Å². The van der Waals surface area contributed by atoms with Crippen LogP contribution in [-0.2, 0) is 22.5 Å². The van der Waals surface area contributed by atoms with Gasteiger partial charge in [-0.15, -0.1) is 0 Å². The summed E-state index contributed by atoms with van der Waals surface area (Å²) in [5.41, 5.74) is 4.92. The van der Waals surface area contributed by atoms with Crippen molar-refractivity contribution in [3.8, 4) is 0 Å². The van der Waals surface area contributed by atoms with Gasteiger partial charge in [-0.2, -0.15) is 21.6 Å². The van der Waals surface area contributed by atoms with E-state index in [1.165, 1.54) is 16.7 Å². The standard InChI is InChI=1S/C24H28F3NO.O2S/c1-4-14-29-15-13-20-16-23(19-7-5-17(2)6-8-19)28(18(20)3)22-11-9-21(10-12-22)24(25,26)27;1-3-2/h5-12,23H,4,13-16H2,1-3H3;. The predicted octanol–water partition coefficient (Wildman–Crippen LogP) is 6.39. The predicted molar refractivity (Wildman–Crippen MR) is 120 cm³/mol. The second kappa shape index (κ2) is 12.0. The summed E-state index contributed by atoms with van der Waals surface area (Å²) < 4.78 is 61.2. The van der Waals surface area contributed by atoms with Crippen molar-refractivity contribution in [1.82, 2.24) is 0 Å². The first-order chi connectivity index (χ1) is 15.2. The van der Waals surface area contributed by atoms with Gasteiger partial charge in [0.05, 0.1) is 18.2 Å². The molecule has 0 amide bonds. The number of anilines is 1. The van der Waals surface area contributed by atoms with Crippen molar-refractivity contribution in [2.75, 3.05) is 18.1 Å². The zero-order valence-electron chi connectivity index (χ0n) is 18.4. The normalized spacial score (nSPS) is 16.1. The molecular weight excluding hydrogens is 439 g/mol. The van der Waals surface area contributed by atoms with Gasteiger partial charge in [0.2, 0.25) is 0 Å². The Balaban J connectivity index is 0.00000114. The highest BCUT2D eigenvalue weighted by Crippen LogP contribution is 2.44. The molecule has 0 saturated carbocycles. The molecule has 0 aromatic heterocycles. The zero-order chi connectivity index (χ0) is 23.7. The molecule has 1 atom stereocenters. The highest BCUT2D eigenvalue weighted by Gasteiger charge is 2.33. The van der Waals surface area contributed by atoms with Gasteiger partial charge in [-0.05, 0) is 68.5 Å². The molecule has 0 aliphatic carbocycles. The molecule has 1 unspecified atom stereocenters. The molecule has 1 aliphatic heterocycles. The lowest BCUT2D eigenvalue weighted by molar-refractivity contribution is -0.137. The van der Waals surface area contributed by atoms with Gasteiger partial charge in [0, 0.05) is 18.0 Å². The number of ether oxygens (including phenoxy) is 1. The first-order valence-corrected chi connectivity index (χ1v) is 11.1. The van der Waals surface area contributed by atoms with Crippen LogP contribution in [0.4, 0.5) is 18.9 Å². The Morgan fingerprint density at radius 2 is 1.59 bits per heavy atom. The van der Waals surface area contributed by atoms with Gasteiger partial charge in [-0.25, -0.2) is 0 Å². The molecule has 0 bridgehead atoms. The smallest absolute Gasteiger partial charge is 0.381 e. The molecule has 3 rings (SSSR count). The minimum Gasteiger partial charge on any atom is -0.381 e. The third kappa shape index (κ3) is 6.77. The molecule has 0 saturated heterocycles. The second-order valence-electron chi connectivity index (χ2n) is 7.66. The van der Waals surface area contributed by atoms with Crippen molar-refractivity contribution >= 4 is 17.3 Å². The Bertz CT molecular complexity index is 934. The van der Waals surface area contributed by atoms with Crippen molar-refractivity contribution in [2.45, 2.75) is 52.3 Å². The van der Waals surface area contributed by atoms with Crippen molar-refractivity contribution in [2.24, 2.45) is 0 Å². The van der Waals surface area contributed by atoms with Crippen molar-refractivity contribution in [3.05, 3.63) is 76.5 Å². The van der Waals surface area contributed by atoms with Gasteiger partial charge >= 0.3 is 17.7 Å². The average molecular weight is 468 g/mol. The fourth-order valence-corrected chi connectivity index (χ4v) is 3.84. The SMILES string of the molecule is CCCOCCC1=C(C)N(c2ccc(C(F)(F)F)cc2)C(c2ccc(C)cc2)C1.O=S=O. The summed E-state index contributed by atoms with van der Waals surface area (Å²) >= 11 is -0.750. The third-order valence-electron chi connectivity index (χ3n) is 5.46. The first-order valence-electron chi connectivity index (χ1n) is 10.4. The van der Waals surface area contributed by atoms with E-state index in [2.05, 4.69) is 43.0 Å². The number of allylic oxidation sites excluding steroid dienone is 1. The van der Waals surface area contributed by atoms with Crippen LogP contribution in [0.3, 0.4) is 0 Å². The Hall–Kier alpha value is -2.45. The number of hydrogen-bond donors (Lipinski definition) is 0. The van der Waals surface area contributed by atoms with Gasteiger partial charge in [0.1, 0.15) is 0 Å². The number of benzene rings is 2. The van der Waals surface area contributed by atoms with E-state index < -0.39 is 23.3 Å².